The first kappa shape index (κ1) is 10.2. The smallest absolute Gasteiger partial charge is 0.243 e. The Hall–Kier alpha value is -0.830. The minimum Gasteiger partial charge on any atom is -0.352 e. The topological polar surface area (TPSA) is 45.7 Å². The van der Waals surface area contributed by atoms with Crippen LogP contribution in [0, 0.1) is 0 Å². The Morgan fingerprint density at radius 2 is 2.45 bits per heavy atom. The number of amides is 1. The molecule has 0 radical (unpaired) electrons. The van der Waals surface area contributed by atoms with Crippen LogP contribution in [0.1, 0.15) is 13.3 Å². The van der Waals surface area contributed by atoms with E-state index in [-0.39, 0.29) is 5.91 Å². The lowest BCUT2D eigenvalue weighted by atomic mass is 10.4. The van der Waals surface area contributed by atoms with Gasteiger partial charge in [-0.2, -0.15) is 0 Å². The first-order chi connectivity index (χ1) is 5.31. The van der Waals surface area contributed by atoms with Gasteiger partial charge in [0.05, 0.1) is 13.1 Å². The van der Waals surface area contributed by atoms with Crippen molar-refractivity contribution in [1.29, 1.82) is 0 Å². The lowest BCUT2D eigenvalue weighted by Crippen LogP contribution is -2.83. The molecule has 3 heteroatoms. The Bertz CT molecular complexity index is 123. The number of nitrogens with one attached hydrogen (secondary N) is 1. The first-order valence-corrected chi connectivity index (χ1v) is 4.03. The van der Waals surface area contributed by atoms with Crippen LogP contribution in [0.5, 0.6) is 0 Å². The van der Waals surface area contributed by atoms with Crippen molar-refractivity contribution >= 4 is 5.91 Å². The second-order valence-electron chi connectivity index (χ2n) is 2.33. The second kappa shape index (κ2) is 7.28. The van der Waals surface area contributed by atoms with Crippen LogP contribution in [0.15, 0.2) is 12.7 Å². The monoisotopic (exact) mass is 157 g/mol. The van der Waals surface area contributed by atoms with Gasteiger partial charge in [-0.3, -0.25) is 4.79 Å². The molecule has 0 heterocycles. The fourth-order valence-corrected chi connectivity index (χ4v) is 0.734. The molecule has 3 N–H and O–H groups in total. The Balaban J connectivity index is 3.01. The number of quaternary nitrogens is 1. The highest BCUT2D eigenvalue weighted by Crippen LogP contribution is 1.70. The Labute approximate surface area is 67.9 Å². The van der Waals surface area contributed by atoms with E-state index in [1.807, 2.05) is 0 Å². The number of carbonyl (C=O) groups is 1. The van der Waals surface area contributed by atoms with Crippen molar-refractivity contribution in [3.63, 3.8) is 0 Å². The molecule has 0 saturated carbocycles. The van der Waals surface area contributed by atoms with Crippen molar-refractivity contribution in [1.82, 2.24) is 5.32 Å². The van der Waals surface area contributed by atoms with E-state index in [2.05, 4.69) is 24.1 Å². The Morgan fingerprint density at radius 3 is 3.00 bits per heavy atom. The van der Waals surface area contributed by atoms with Crippen LogP contribution >= 0.6 is 0 Å². The molecule has 0 spiro atoms. The lowest BCUT2D eigenvalue weighted by molar-refractivity contribution is -0.651. The number of hydrogen-bond acceptors (Lipinski definition) is 1. The molecule has 0 aliphatic heterocycles. The van der Waals surface area contributed by atoms with E-state index in [4.69, 9.17) is 0 Å². The van der Waals surface area contributed by atoms with Gasteiger partial charge in [-0.15, -0.1) is 0 Å². The van der Waals surface area contributed by atoms with Gasteiger partial charge in [-0.25, -0.2) is 0 Å². The molecule has 0 atom stereocenters. The fraction of sp³-hybridized carbons (Fsp3) is 0.625. The van der Waals surface area contributed by atoms with E-state index in [1.54, 1.807) is 0 Å². The van der Waals surface area contributed by atoms with Crippen LogP contribution in [0.3, 0.4) is 0 Å². The summed E-state index contributed by atoms with van der Waals surface area (Å²) in [5.74, 6) is -0.0819. The normalized spacial score (nSPS) is 9.18. The molecule has 0 aromatic rings. The summed E-state index contributed by atoms with van der Waals surface area (Å²) in [5.41, 5.74) is 0. The summed E-state index contributed by atoms with van der Waals surface area (Å²) in [6.07, 6.45) is 2.32. The van der Waals surface area contributed by atoms with Crippen molar-refractivity contribution in [2.75, 3.05) is 19.6 Å². The highest BCUT2D eigenvalue weighted by molar-refractivity contribution is 5.86. The second-order valence-corrected chi connectivity index (χ2v) is 2.33. The molecule has 64 valence electrons. The molecular formula is C8H17N2O+. The van der Waals surface area contributed by atoms with Gasteiger partial charge in [-0.05, 0) is 13.0 Å². The van der Waals surface area contributed by atoms with Crippen molar-refractivity contribution in [2.24, 2.45) is 0 Å². The Morgan fingerprint density at radius 1 is 1.73 bits per heavy atom. The molecule has 0 aliphatic carbocycles. The van der Waals surface area contributed by atoms with Crippen molar-refractivity contribution in [2.45, 2.75) is 13.3 Å². The van der Waals surface area contributed by atoms with Gasteiger partial charge in [-0.1, -0.05) is 6.58 Å². The van der Waals surface area contributed by atoms with Crippen LogP contribution in [-0.4, -0.2) is 25.5 Å². The van der Waals surface area contributed by atoms with Gasteiger partial charge in [0, 0.05) is 13.0 Å². The van der Waals surface area contributed by atoms with Crippen molar-refractivity contribution in [3.05, 3.63) is 12.7 Å². The molecule has 0 saturated heterocycles. The molecule has 0 fully saturated rings. The third kappa shape index (κ3) is 7.06. The minimum atomic E-state index is -0.0819. The summed E-state index contributed by atoms with van der Waals surface area (Å²) in [5, 5.41) is 4.92. The molecule has 0 bridgehead atoms. The summed E-state index contributed by atoms with van der Waals surface area (Å²) in [4.78, 5) is 10.6. The summed E-state index contributed by atoms with van der Waals surface area (Å²) in [7, 11) is 0. The largest absolute Gasteiger partial charge is 0.352 e. The highest BCUT2D eigenvalue weighted by atomic mass is 16.1. The van der Waals surface area contributed by atoms with E-state index in [0.717, 1.165) is 26.1 Å². The van der Waals surface area contributed by atoms with Crippen LogP contribution in [-0.2, 0) is 4.79 Å². The summed E-state index contributed by atoms with van der Waals surface area (Å²) in [6, 6.07) is 0. The lowest BCUT2D eigenvalue weighted by Gasteiger charge is -1.99. The average Bonchev–Trinajstić information content (AvgIpc) is 2.04. The van der Waals surface area contributed by atoms with E-state index in [9.17, 15) is 4.79 Å². The summed E-state index contributed by atoms with van der Waals surface area (Å²) in [6.45, 7) is 8.40. The van der Waals surface area contributed by atoms with Gasteiger partial charge in [0.25, 0.3) is 0 Å². The maximum Gasteiger partial charge on any atom is 0.243 e. The van der Waals surface area contributed by atoms with E-state index < -0.39 is 0 Å². The summed E-state index contributed by atoms with van der Waals surface area (Å²) >= 11 is 0. The van der Waals surface area contributed by atoms with Crippen LogP contribution in [0.4, 0.5) is 0 Å². The van der Waals surface area contributed by atoms with Crippen molar-refractivity contribution < 1.29 is 10.1 Å². The standard InChI is InChI=1S/C8H16N2O/c1-3-8(11)10-7-5-6-9-4-2/h3,9H,1,4-7H2,2H3,(H,10,11)/p+1. The SMILES string of the molecule is C=CC(=O)NCCC[NH2+]CC. The molecule has 0 aliphatic rings. The third-order valence-corrected chi connectivity index (χ3v) is 1.36. The molecule has 0 unspecified atom stereocenters. The number of rotatable bonds is 6. The summed E-state index contributed by atoms with van der Waals surface area (Å²) < 4.78 is 0. The van der Waals surface area contributed by atoms with E-state index in [0.29, 0.717) is 0 Å². The van der Waals surface area contributed by atoms with Gasteiger partial charge in [0.2, 0.25) is 5.91 Å². The zero-order valence-electron chi connectivity index (χ0n) is 7.10. The fourth-order valence-electron chi connectivity index (χ4n) is 0.734. The maximum absolute atomic E-state index is 10.6. The molecule has 3 nitrogen and oxygen atoms in total. The highest BCUT2D eigenvalue weighted by Gasteiger charge is 1.92. The van der Waals surface area contributed by atoms with Gasteiger partial charge in [0.15, 0.2) is 0 Å². The predicted molar refractivity (Wildman–Crippen MR) is 45.2 cm³/mol. The number of nitrogens with two attached hydrogens (primary N) is 1. The molecule has 11 heavy (non-hydrogen) atoms. The molecule has 1 amide bonds. The molecular weight excluding hydrogens is 140 g/mol. The van der Waals surface area contributed by atoms with Gasteiger partial charge < -0.3 is 10.6 Å². The van der Waals surface area contributed by atoms with Crippen LogP contribution in [0.25, 0.3) is 0 Å². The number of carbonyl (C=O) groups excluding carboxylic acids is 1. The minimum absolute atomic E-state index is 0.0819. The maximum atomic E-state index is 10.6. The van der Waals surface area contributed by atoms with Gasteiger partial charge in [0.1, 0.15) is 0 Å². The third-order valence-electron chi connectivity index (χ3n) is 1.36. The number of hydrogen-bond donors (Lipinski definition) is 2. The van der Waals surface area contributed by atoms with Gasteiger partial charge >= 0.3 is 0 Å². The van der Waals surface area contributed by atoms with Crippen LogP contribution in [0.2, 0.25) is 0 Å². The molecule has 0 aromatic heterocycles. The van der Waals surface area contributed by atoms with E-state index >= 15 is 0 Å². The Kier molecular flexibility index (Phi) is 6.73. The zero-order valence-corrected chi connectivity index (χ0v) is 7.10. The molecule has 0 aromatic carbocycles. The first-order valence-electron chi connectivity index (χ1n) is 4.03. The van der Waals surface area contributed by atoms with Crippen LogP contribution < -0.4 is 10.6 Å². The predicted octanol–water partition coefficient (Wildman–Crippen LogP) is -0.738. The molecule has 0 rings (SSSR count). The van der Waals surface area contributed by atoms with E-state index in [1.165, 1.54) is 6.08 Å². The quantitative estimate of drug-likeness (QED) is 0.387. The van der Waals surface area contributed by atoms with Crippen molar-refractivity contribution in [3.8, 4) is 0 Å². The average molecular weight is 157 g/mol. The zero-order chi connectivity index (χ0) is 8.53.